The molecule has 4 nitrogen and oxygen atoms in total. The van der Waals surface area contributed by atoms with Crippen LogP contribution < -0.4 is 4.74 Å². The number of carbonyl (C=O) groups excluding carboxylic acids is 1. The molecule has 0 aliphatic heterocycles. The maximum absolute atomic E-state index is 12.3. The average molecular weight is 365 g/mol. The Morgan fingerprint density at radius 1 is 1.32 bits per heavy atom. The van der Waals surface area contributed by atoms with Crippen molar-refractivity contribution in [2.24, 2.45) is 4.99 Å². The third-order valence-electron chi connectivity index (χ3n) is 3.82. The number of benzene rings is 1. The van der Waals surface area contributed by atoms with Crippen LogP contribution in [-0.2, 0) is 17.6 Å². The van der Waals surface area contributed by atoms with Crippen LogP contribution in [-0.4, -0.2) is 25.4 Å². The largest absolute Gasteiger partial charge is 0.462 e. The first kappa shape index (κ1) is 17.5. The number of carbonyl (C=O) groups is 1. The molecule has 0 radical (unpaired) electrons. The van der Waals surface area contributed by atoms with Gasteiger partial charge >= 0.3 is 12.6 Å². The molecule has 0 atom stereocenters. The molecular formula is C18H17F2NO3S. The SMILES string of the molecule is CCOC(=O)c1c(N=Cc2ccc(OC(F)F)cc2)sc2c1CCC2. The molecular weight excluding hydrogens is 348 g/mol. The van der Waals surface area contributed by atoms with E-state index in [4.69, 9.17) is 4.74 Å². The van der Waals surface area contributed by atoms with Crippen LogP contribution in [0.1, 0.15) is 39.7 Å². The minimum Gasteiger partial charge on any atom is -0.462 e. The number of aryl methyl sites for hydroxylation is 1. The monoisotopic (exact) mass is 365 g/mol. The van der Waals surface area contributed by atoms with Gasteiger partial charge in [0.05, 0.1) is 12.2 Å². The number of thiophene rings is 1. The van der Waals surface area contributed by atoms with E-state index in [0.29, 0.717) is 17.2 Å². The van der Waals surface area contributed by atoms with Crippen molar-refractivity contribution < 1.29 is 23.0 Å². The third-order valence-corrected chi connectivity index (χ3v) is 5.02. The number of rotatable bonds is 6. The Morgan fingerprint density at radius 2 is 2.08 bits per heavy atom. The molecule has 132 valence electrons. The van der Waals surface area contributed by atoms with Crippen molar-refractivity contribution in [1.29, 1.82) is 0 Å². The molecule has 1 aliphatic carbocycles. The minimum absolute atomic E-state index is 0.0921. The molecule has 0 bridgehead atoms. The topological polar surface area (TPSA) is 47.9 Å². The van der Waals surface area contributed by atoms with E-state index in [9.17, 15) is 13.6 Å². The molecule has 0 amide bonds. The molecule has 0 unspecified atom stereocenters. The number of esters is 1. The number of halogens is 2. The normalized spacial score (nSPS) is 13.4. The van der Waals surface area contributed by atoms with Gasteiger partial charge < -0.3 is 9.47 Å². The summed E-state index contributed by atoms with van der Waals surface area (Å²) in [5.74, 6) is -0.246. The van der Waals surface area contributed by atoms with E-state index in [2.05, 4.69) is 9.73 Å². The molecule has 1 aliphatic rings. The average Bonchev–Trinajstić information content (AvgIpc) is 3.14. The molecule has 0 spiro atoms. The Bertz CT molecular complexity index is 784. The van der Waals surface area contributed by atoms with E-state index in [1.54, 1.807) is 25.3 Å². The third kappa shape index (κ3) is 4.04. The number of aliphatic imine (C=N–C) groups is 1. The zero-order valence-electron chi connectivity index (χ0n) is 13.6. The minimum atomic E-state index is -2.85. The Labute approximate surface area is 148 Å². The van der Waals surface area contributed by atoms with E-state index < -0.39 is 6.61 Å². The zero-order chi connectivity index (χ0) is 17.8. The summed E-state index contributed by atoms with van der Waals surface area (Å²) in [6, 6.07) is 6.17. The second kappa shape index (κ2) is 7.74. The fourth-order valence-electron chi connectivity index (χ4n) is 2.76. The predicted molar refractivity (Wildman–Crippen MR) is 92.6 cm³/mol. The van der Waals surface area contributed by atoms with Crippen LogP contribution in [0.15, 0.2) is 29.3 Å². The first-order chi connectivity index (χ1) is 12.1. The van der Waals surface area contributed by atoms with Gasteiger partial charge in [-0.25, -0.2) is 9.79 Å². The fraction of sp³-hybridized carbons (Fsp3) is 0.333. The predicted octanol–water partition coefficient (Wildman–Crippen LogP) is 4.77. The molecule has 1 aromatic carbocycles. The highest BCUT2D eigenvalue weighted by atomic mass is 32.1. The molecule has 2 aromatic rings. The Balaban J connectivity index is 1.82. The van der Waals surface area contributed by atoms with Crippen molar-refractivity contribution in [1.82, 2.24) is 0 Å². The van der Waals surface area contributed by atoms with Gasteiger partial charge in [0.2, 0.25) is 0 Å². The Hall–Kier alpha value is -2.28. The van der Waals surface area contributed by atoms with Crippen molar-refractivity contribution in [2.75, 3.05) is 6.61 Å². The van der Waals surface area contributed by atoms with Gasteiger partial charge in [0.25, 0.3) is 0 Å². The van der Waals surface area contributed by atoms with Crippen LogP contribution in [0.25, 0.3) is 0 Å². The summed E-state index contributed by atoms with van der Waals surface area (Å²) in [5.41, 5.74) is 2.34. The van der Waals surface area contributed by atoms with Crippen LogP contribution in [0, 0.1) is 0 Å². The quantitative estimate of drug-likeness (QED) is 0.547. The van der Waals surface area contributed by atoms with Gasteiger partial charge in [-0.2, -0.15) is 8.78 Å². The molecule has 0 saturated heterocycles. The first-order valence-electron chi connectivity index (χ1n) is 7.99. The summed E-state index contributed by atoms with van der Waals surface area (Å²) in [7, 11) is 0. The first-order valence-corrected chi connectivity index (χ1v) is 8.80. The molecule has 3 rings (SSSR count). The highest BCUT2D eigenvalue weighted by Crippen LogP contribution is 2.41. The number of alkyl halides is 2. The summed E-state index contributed by atoms with van der Waals surface area (Å²) in [5, 5.41) is 0.635. The lowest BCUT2D eigenvalue weighted by Crippen LogP contribution is -2.06. The lowest BCUT2D eigenvalue weighted by atomic mass is 10.1. The standard InChI is InChI=1S/C18H17F2NO3S/c1-2-23-17(22)15-13-4-3-5-14(13)25-16(15)21-10-11-6-8-12(9-7-11)24-18(19)20/h6-10,18H,2-5H2,1H3. The van der Waals surface area contributed by atoms with Gasteiger partial charge in [0.1, 0.15) is 10.8 Å². The fourth-order valence-corrected chi connectivity index (χ4v) is 3.98. The van der Waals surface area contributed by atoms with Crippen molar-refractivity contribution >= 4 is 28.5 Å². The summed E-state index contributed by atoms with van der Waals surface area (Å²) in [6.45, 7) is -0.755. The van der Waals surface area contributed by atoms with Crippen LogP contribution in [0.2, 0.25) is 0 Å². The highest BCUT2D eigenvalue weighted by Gasteiger charge is 2.27. The lowest BCUT2D eigenvalue weighted by Gasteiger charge is -2.04. The molecule has 0 saturated carbocycles. The van der Waals surface area contributed by atoms with Crippen molar-refractivity contribution in [3.63, 3.8) is 0 Å². The molecule has 0 N–H and O–H groups in total. The number of hydrogen-bond acceptors (Lipinski definition) is 5. The summed E-state index contributed by atoms with van der Waals surface area (Å²) < 4.78 is 33.8. The molecule has 1 aromatic heterocycles. The summed E-state index contributed by atoms with van der Waals surface area (Å²) in [4.78, 5) is 17.9. The van der Waals surface area contributed by atoms with Crippen LogP contribution in [0.5, 0.6) is 5.75 Å². The van der Waals surface area contributed by atoms with Gasteiger partial charge in [-0.05, 0) is 61.6 Å². The lowest BCUT2D eigenvalue weighted by molar-refractivity contribution is -0.0498. The zero-order valence-corrected chi connectivity index (χ0v) is 14.4. The maximum Gasteiger partial charge on any atom is 0.387 e. The van der Waals surface area contributed by atoms with Crippen molar-refractivity contribution in [3.8, 4) is 5.75 Å². The number of hydrogen-bond donors (Lipinski definition) is 0. The van der Waals surface area contributed by atoms with Crippen molar-refractivity contribution in [2.45, 2.75) is 32.8 Å². The van der Waals surface area contributed by atoms with Gasteiger partial charge in [-0.15, -0.1) is 11.3 Å². The summed E-state index contributed by atoms with van der Waals surface area (Å²) in [6.07, 6.45) is 4.48. The number of ether oxygens (including phenoxy) is 2. The Kier molecular flexibility index (Phi) is 5.43. The van der Waals surface area contributed by atoms with E-state index in [1.807, 2.05) is 0 Å². The second-order valence-corrected chi connectivity index (χ2v) is 6.55. The number of nitrogens with zero attached hydrogens (tertiary/aromatic N) is 1. The smallest absolute Gasteiger partial charge is 0.387 e. The summed E-state index contributed by atoms with van der Waals surface area (Å²) >= 11 is 1.51. The van der Waals surface area contributed by atoms with Gasteiger partial charge in [0, 0.05) is 11.1 Å². The van der Waals surface area contributed by atoms with Gasteiger partial charge in [-0.1, -0.05) is 0 Å². The van der Waals surface area contributed by atoms with Crippen LogP contribution in [0.4, 0.5) is 13.8 Å². The molecule has 1 heterocycles. The van der Waals surface area contributed by atoms with Crippen molar-refractivity contribution in [3.05, 3.63) is 45.8 Å². The van der Waals surface area contributed by atoms with E-state index in [0.717, 1.165) is 30.4 Å². The second-order valence-electron chi connectivity index (χ2n) is 5.46. The Morgan fingerprint density at radius 3 is 2.76 bits per heavy atom. The van der Waals surface area contributed by atoms with Gasteiger partial charge in [0.15, 0.2) is 0 Å². The van der Waals surface area contributed by atoms with E-state index in [-0.39, 0.29) is 11.7 Å². The van der Waals surface area contributed by atoms with Crippen LogP contribution >= 0.6 is 11.3 Å². The number of fused-ring (bicyclic) bond motifs is 1. The molecule has 7 heteroatoms. The van der Waals surface area contributed by atoms with Gasteiger partial charge in [-0.3, -0.25) is 0 Å². The molecule has 0 fully saturated rings. The molecule has 25 heavy (non-hydrogen) atoms. The van der Waals surface area contributed by atoms with E-state index >= 15 is 0 Å². The highest BCUT2D eigenvalue weighted by molar-refractivity contribution is 7.16. The maximum atomic E-state index is 12.3. The van der Waals surface area contributed by atoms with E-state index in [1.165, 1.54) is 28.3 Å². The van der Waals surface area contributed by atoms with Crippen LogP contribution in [0.3, 0.4) is 0 Å².